The topological polar surface area (TPSA) is 64.8 Å². The second-order valence-electron chi connectivity index (χ2n) is 5.85. The number of ether oxygens (including phenoxy) is 2. The van der Waals surface area contributed by atoms with Crippen LogP contribution in [0.1, 0.15) is 22.8 Å². The van der Waals surface area contributed by atoms with Gasteiger partial charge in [-0.25, -0.2) is 9.37 Å². The Hall–Kier alpha value is -2.12. The number of amides is 1. The number of carbonyl (C=O) groups excluding carboxylic acids is 1. The zero-order chi connectivity index (χ0) is 17.8. The first-order valence-electron chi connectivity index (χ1n) is 7.87. The first-order valence-corrected chi connectivity index (χ1v) is 8.25. The second kappa shape index (κ2) is 7.84. The van der Waals surface area contributed by atoms with E-state index < -0.39 is 5.82 Å². The Morgan fingerprint density at radius 3 is 3.12 bits per heavy atom. The average molecular weight is 369 g/mol. The van der Waals surface area contributed by atoms with Gasteiger partial charge in [0.05, 0.1) is 11.6 Å². The van der Waals surface area contributed by atoms with Crippen molar-refractivity contribution in [1.29, 1.82) is 0 Å². The van der Waals surface area contributed by atoms with Crippen LogP contribution in [0, 0.1) is 11.7 Å². The third-order valence-corrected chi connectivity index (χ3v) is 4.29. The van der Waals surface area contributed by atoms with E-state index in [1.165, 1.54) is 18.4 Å². The average Bonchev–Trinajstić information content (AvgIpc) is 3.23. The molecule has 0 bridgehead atoms. The van der Waals surface area contributed by atoms with Crippen molar-refractivity contribution in [2.45, 2.75) is 13.0 Å². The van der Waals surface area contributed by atoms with Crippen LogP contribution in [0.3, 0.4) is 0 Å². The molecule has 1 aliphatic heterocycles. The Morgan fingerprint density at radius 2 is 2.36 bits per heavy atom. The molecule has 3 rings (SSSR count). The number of benzene rings is 1. The molecule has 1 amide bonds. The molecule has 1 unspecified atom stereocenters. The highest BCUT2D eigenvalue weighted by Crippen LogP contribution is 2.26. The summed E-state index contributed by atoms with van der Waals surface area (Å²) in [6.45, 7) is 1.96. The van der Waals surface area contributed by atoms with E-state index in [4.69, 9.17) is 25.5 Å². The summed E-state index contributed by atoms with van der Waals surface area (Å²) in [5.41, 5.74) is 0.238. The van der Waals surface area contributed by atoms with Crippen LogP contribution in [0.25, 0.3) is 0 Å². The van der Waals surface area contributed by atoms with Gasteiger partial charge in [-0.2, -0.15) is 0 Å². The SMILES string of the molecule is COCC1CCN(C(=O)c2coc(COc3ccc(F)cc3Cl)n2)C1. The van der Waals surface area contributed by atoms with Gasteiger partial charge in [0.15, 0.2) is 12.3 Å². The van der Waals surface area contributed by atoms with Crippen molar-refractivity contribution in [3.05, 3.63) is 46.9 Å². The first-order chi connectivity index (χ1) is 12.1. The van der Waals surface area contributed by atoms with E-state index in [-0.39, 0.29) is 29.1 Å². The van der Waals surface area contributed by atoms with Crippen LogP contribution in [0.4, 0.5) is 4.39 Å². The lowest BCUT2D eigenvalue weighted by Crippen LogP contribution is -2.29. The molecule has 6 nitrogen and oxygen atoms in total. The van der Waals surface area contributed by atoms with Gasteiger partial charge in [0.25, 0.3) is 5.91 Å². The quantitative estimate of drug-likeness (QED) is 0.783. The van der Waals surface area contributed by atoms with Crippen LogP contribution >= 0.6 is 11.6 Å². The van der Waals surface area contributed by atoms with Crippen LogP contribution in [-0.2, 0) is 11.3 Å². The van der Waals surface area contributed by atoms with Gasteiger partial charge in [-0.1, -0.05) is 11.6 Å². The van der Waals surface area contributed by atoms with Crippen molar-refractivity contribution in [3.8, 4) is 5.75 Å². The summed E-state index contributed by atoms with van der Waals surface area (Å²) in [7, 11) is 1.65. The van der Waals surface area contributed by atoms with Gasteiger partial charge in [-0.3, -0.25) is 4.79 Å². The lowest BCUT2D eigenvalue weighted by atomic mass is 10.1. The minimum atomic E-state index is -0.446. The third kappa shape index (κ3) is 4.29. The fraction of sp³-hybridized carbons (Fsp3) is 0.412. The van der Waals surface area contributed by atoms with Crippen LogP contribution in [0.2, 0.25) is 5.02 Å². The molecule has 0 saturated carbocycles. The van der Waals surface area contributed by atoms with E-state index in [0.29, 0.717) is 31.4 Å². The third-order valence-electron chi connectivity index (χ3n) is 3.99. The minimum Gasteiger partial charge on any atom is -0.482 e. The van der Waals surface area contributed by atoms with E-state index in [1.54, 1.807) is 12.0 Å². The smallest absolute Gasteiger partial charge is 0.275 e. The predicted molar refractivity (Wildman–Crippen MR) is 88.1 cm³/mol. The summed E-state index contributed by atoms with van der Waals surface area (Å²) in [4.78, 5) is 18.3. The molecule has 25 heavy (non-hydrogen) atoms. The zero-order valence-corrected chi connectivity index (χ0v) is 14.5. The fourth-order valence-corrected chi connectivity index (χ4v) is 2.98. The van der Waals surface area contributed by atoms with E-state index >= 15 is 0 Å². The van der Waals surface area contributed by atoms with Crippen molar-refractivity contribution < 1.29 is 23.1 Å². The lowest BCUT2D eigenvalue weighted by molar-refractivity contribution is 0.0769. The van der Waals surface area contributed by atoms with Gasteiger partial charge in [-0.15, -0.1) is 0 Å². The number of hydrogen-bond donors (Lipinski definition) is 0. The molecule has 2 heterocycles. The van der Waals surface area contributed by atoms with Gasteiger partial charge in [0, 0.05) is 26.1 Å². The summed E-state index contributed by atoms with van der Waals surface area (Å²) in [6.07, 6.45) is 2.23. The number of methoxy groups -OCH3 is 1. The van der Waals surface area contributed by atoms with Crippen molar-refractivity contribution in [1.82, 2.24) is 9.88 Å². The van der Waals surface area contributed by atoms with Gasteiger partial charge in [-0.05, 0) is 24.6 Å². The Bertz CT molecular complexity index is 752. The molecule has 1 aromatic carbocycles. The van der Waals surface area contributed by atoms with Crippen molar-refractivity contribution >= 4 is 17.5 Å². The van der Waals surface area contributed by atoms with E-state index in [9.17, 15) is 9.18 Å². The highest BCUT2D eigenvalue weighted by atomic mass is 35.5. The summed E-state index contributed by atoms with van der Waals surface area (Å²) >= 11 is 5.89. The summed E-state index contributed by atoms with van der Waals surface area (Å²) in [5, 5.41) is 0.157. The standard InChI is InChI=1S/C17H18ClFN2O4/c1-23-8-11-4-5-21(7-11)17(22)14-9-25-16(20-14)10-24-15-3-2-12(19)6-13(15)18/h2-3,6,9,11H,4-5,7-8,10H2,1H3. The van der Waals surface area contributed by atoms with Crippen LogP contribution in [-0.4, -0.2) is 42.6 Å². The lowest BCUT2D eigenvalue weighted by Gasteiger charge is -2.14. The normalized spacial score (nSPS) is 17.1. The molecule has 1 aromatic heterocycles. The molecular weight excluding hydrogens is 351 g/mol. The number of hydrogen-bond acceptors (Lipinski definition) is 5. The van der Waals surface area contributed by atoms with Crippen LogP contribution in [0.15, 0.2) is 28.9 Å². The number of likely N-dealkylation sites (tertiary alicyclic amines) is 1. The summed E-state index contributed by atoms with van der Waals surface area (Å²) in [6, 6.07) is 3.83. The Kier molecular flexibility index (Phi) is 5.55. The maximum Gasteiger partial charge on any atom is 0.275 e. The van der Waals surface area contributed by atoms with Gasteiger partial charge in [0.1, 0.15) is 17.8 Å². The number of rotatable bonds is 6. The number of oxazole rings is 1. The van der Waals surface area contributed by atoms with Gasteiger partial charge >= 0.3 is 0 Å². The molecule has 1 fully saturated rings. The molecule has 1 atom stereocenters. The number of halogens is 2. The number of carbonyl (C=O) groups is 1. The molecule has 2 aromatic rings. The Morgan fingerprint density at radius 1 is 1.52 bits per heavy atom. The molecule has 0 radical (unpaired) electrons. The minimum absolute atomic E-state index is 0.00900. The highest BCUT2D eigenvalue weighted by Gasteiger charge is 2.28. The Labute approximate surface area is 149 Å². The van der Waals surface area contributed by atoms with Crippen molar-refractivity contribution in [3.63, 3.8) is 0 Å². The van der Waals surface area contributed by atoms with Crippen LogP contribution in [0.5, 0.6) is 5.75 Å². The van der Waals surface area contributed by atoms with Gasteiger partial charge in [0.2, 0.25) is 5.89 Å². The number of aromatic nitrogens is 1. The maximum absolute atomic E-state index is 13.0. The molecule has 1 aliphatic rings. The van der Waals surface area contributed by atoms with E-state index in [2.05, 4.69) is 4.98 Å². The monoisotopic (exact) mass is 368 g/mol. The molecule has 0 N–H and O–H groups in total. The molecule has 8 heteroatoms. The van der Waals surface area contributed by atoms with E-state index in [0.717, 1.165) is 12.5 Å². The zero-order valence-electron chi connectivity index (χ0n) is 13.7. The molecular formula is C17H18ClFN2O4. The largest absolute Gasteiger partial charge is 0.482 e. The summed E-state index contributed by atoms with van der Waals surface area (Å²) < 4.78 is 28.9. The highest BCUT2D eigenvalue weighted by molar-refractivity contribution is 6.32. The fourth-order valence-electron chi connectivity index (χ4n) is 2.76. The van der Waals surface area contributed by atoms with Gasteiger partial charge < -0.3 is 18.8 Å². The molecule has 134 valence electrons. The van der Waals surface area contributed by atoms with E-state index in [1.807, 2.05) is 0 Å². The molecule has 0 spiro atoms. The predicted octanol–water partition coefficient (Wildman–Crippen LogP) is 3.15. The second-order valence-corrected chi connectivity index (χ2v) is 6.26. The van der Waals surface area contributed by atoms with Crippen LogP contribution < -0.4 is 4.74 Å². The number of nitrogens with zero attached hydrogens (tertiary/aromatic N) is 2. The van der Waals surface area contributed by atoms with Crippen molar-refractivity contribution in [2.75, 3.05) is 26.8 Å². The first kappa shape index (κ1) is 17.7. The Balaban J connectivity index is 1.58. The molecule has 1 saturated heterocycles. The molecule has 0 aliphatic carbocycles. The summed E-state index contributed by atoms with van der Waals surface area (Å²) in [5.74, 6) is 0.295. The maximum atomic E-state index is 13.0. The van der Waals surface area contributed by atoms with Crippen molar-refractivity contribution in [2.24, 2.45) is 5.92 Å².